The van der Waals surface area contributed by atoms with Crippen LogP contribution in [0.4, 0.5) is 0 Å². The van der Waals surface area contributed by atoms with Crippen molar-refractivity contribution in [3.05, 3.63) is 0 Å². The van der Waals surface area contributed by atoms with Gasteiger partial charge in [-0.05, 0) is 24.7 Å². The third-order valence-electron chi connectivity index (χ3n) is 4.41. The van der Waals surface area contributed by atoms with Crippen molar-refractivity contribution in [3.8, 4) is 0 Å². The molecule has 0 spiro atoms. The van der Waals surface area contributed by atoms with Gasteiger partial charge in [0.1, 0.15) is 0 Å². The van der Waals surface area contributed by atoms with E-state index in [1.54, 1.807) is 14.0 Å². The summed E-state index contributed by atoms with van der Waals surface area (Å²) in [6, 6.07) is 0. The number of hydrogen-bond acceptors (Lipinski definition) is 3. The summed E-state index contributed by atoms with van der Waals surface area (Å²) in [5.41, 5.74) is 0.396. The zero-order valence-electron chi connectivity index (χ0n) is 13.0. The van der Waals surface area contributed by atoms with Crippen molar-refractivity contribution in [2.75, 3.05) is 31.6 Å². The third-order valence-corrected chi connectivity index (χ3v) is 6.12. The molecule has 0 amide bonds. The van der Waals surface area contributed by atoms with Gasteiger partial charge in [0.15, 0.2) is 15.8 Å². The fraction of sp³-hybridized carbons (Fsp3) is 0.929. The normalized spacial score (nSPS) is 19.1. The number of hydrogen-bond donors (Lipinski definition) is 2. The van der Waals surface area contributed by atoms with Crippen LogP contribution in [-0.4, -0.2) is 46.0 Å². The maximum Gasteiger partial charge on any atom is 0.191 e. The third kappa shape index (κ3) is 5.31. The SMILES string of the molecule is CCC1(CNC(=NC)NCCS(=O)(=O)CC)CCCC1. The lowest BCUT2D eigenvalue weighted by molar-refractivity contribution is 0.283. The molecule has 20 heavy (non-hydrogen) atoms. The monoisotopic (exact) mass is 303 g/mol. The minimum atomic E-state index is -2.92. The van der Waals surface area contributed by atoms with Gasteiger partial charge in [0.25, 0.3) is 0 Å². The summed E-state index contributed by atoms with van der Waals surface area (Å²) >= 11 is 0. The van der Waals surface area contributed by atoms with Gasteiger partial charge in [-0.15, -0.1) is 0 Å². The Morgan fingerprint density at radius 1 is 1.20 bits per heavy atom. The van der Waals surface area contributed by atoms with E-state index in [1.807, 2.05) is 0 Å². The molecule has 1 saturated carbocycles. The fourth-order valence-corrected chi connectivity index (χ4v) is 3.44. The van der Waals surface area contributed by atoms with Crippen molar-refractivity contribution in [3.63, 3.8) is 0 Å². The molecule has 0 aromatic heterocycles. The van der Waals surface area contributed by atoms with Crippen LogP contribution in [0.3, 0.4) is 0 Å². The van der Waals surface area contributed by atoms with E-state index in [1.165, 1.54) is 32.1 Å². The minimum Gasteiger partial charge on any atom is -0.356 e. The predicted octanol–water partition coefficient (Wildman–Crippen LogP) is 1.56. The summed E-state index contributed by atoms with van der Waals surface area (Å²) < 4.78 is 22.9. The van der Waals surface area contributed by atoms with Gasteiger partial charge in [-0.2, -0.15) is 0 Å². The van der Waals surface area contributed by atoms with Gasteiger partial charge in [0.05, 0.1) is 5.75 Å². The number of rotatable bonds is 7. The molecule has 0 bridgehead atoms. The lowest BCUT2D eigenvalue weighted by atomic mass is 9.83. The van der Waals surface area contributed by atoms with Gasteiger partial charge >= 0.3 is 0 Å². The Balaban J connectivity index is 2.37. The molecule has 0 aromatic rings. The second-order valence-corrected chi connectivity index (χ2v) is 8.12. The minimum absolute atomic E-state index is 0.156. The van der Waals surface area contributed by atoms with Crippen molar-refractivity contribution in [2.24, 2.45) is 10.4 Å². The second kappa shape index (κ2) is 7.86. The Labute approximate surface area is 123 Å². The van der Waals surface area contributed by atoms with Gasteiger partial charge < -0.3 is 10.6 Å². The van der Waals surface area contributed by atoms with Crippen molar-refractivity contribution < 1.29 is 8.42 Å². The number of aliphatic imine (C=N–C) groups is 1. The molecule has 0 atom stereocenters. The highest BCUT2D eigenvalue weighted by Crippen LogP contribution is 2.40. The molecule has 0 radical (unpaired) electrons. The summed E-state index contributed by atoms with van der Waals surface area (Å²) in [6.45, 7) is 5.25. The van der Waals surface area contributed by atoms with E-state index in [4.69, 9.17) is 0 Å². The molecule has 1 aliphatic carbocycles. The smallest absolute Gasteiger partial charge is 0.191 e. The highest BCUT2D eigenvalue weighted by atomic mass is 32.2. The van der Waals surface area contributed by atoms with Gasteiger partial charge in [-0.25, -0.2) is 8.42 Å². The molecule has 1 rings (SSSR count). The van der Waals surface area contributed by atoms with E-state index in [9.17, 15) is 8.42 Å². The molecule has 0 unspecified atom stereocenters. The van der Waals surface area contributed by atoms with Crippen LogP contribution in [0.1, 0.15) is 46.0 Å². The van der Waals surface area contributed by atoms with Crippen molar-refractivity contribution in [2.45, 2.75) is 46.0 Å². The standard InChI is InChI=1S/C14H29N3O2S/c1-4-14(8-6-7-9-14)12-17-13(15-3)16-10-11-20(18,19)5-2/h4-12H2,1-3H3,(H2,15,16,17). The van der Waals surface area contributed by atoms with Crippen LogP contribution in [0.5, 0.6) is 0 Å². The summed E-state index contributed by atoms with van der Waals surface area (Å²) in [6.07, 6.45) is 6.36. The van der Waals surface area contributed by atoms with Gasteiger partial charge in [-0.1, -0.05) is 26.7 Å². The van der Waals surface area contributed by atoms with E-state index in [0.717, 1.165) is 6.54 Å². The van der Waals surface area contributed by atoms with E-state index in [2.05, 4.69) is 22.5 Å². The molecule has 0 heterocycles. The van der Waals surface area contributed by atoms with E-state index in [0.29, 0.717) is 17.9 Å². The fourth-order valence-electron chi connectivity index (χ4n) is 2.74. The van der Waals surface area contributed by atoms with Crippen LogP contribution < -0.4 is 10.6 Å². The maximum absolute atomic E-state index is 11.4. The van der Waals surface area contributed by atoms with Crippen LogP contribution >= 0.6 is 0 Å². The molecule has 0 aliphatic heterocycles. The lowest BCUT2D eigenvalue weighted by Gasteiger charge is -2.28. The van der Waals surface area contributed by atoms with Gasteiger partial charge in [0.2, 0.25) is 0 Å². The molecule has 1 fully saturated rings. The summed E-state index contributed by atoms with van der Waals surface area (Å²) in [5, 5.41) is 6.44. The first kappa shape index (κ1) is 17.3. The first-order valence-electron chi connectivity index (χ1n) is 7.62. The van der Waals surface area contributed by atoms with Crippen LogP contribution in [-0.2, 0) is 9.84 Å². The maximum atomic E-state index is 11.4. The Bertz CT molecular complexity index is 412. The average molecular weight is 303 g/mol. The van der Waals surface area contributed by atoms with E-state index in [-0.39, 0.29) is 11.5 Å². The Morgan fingerprint density at radius 3 is 2.35 bits per heavy atom. The summed E-state index contributed by atoms with van der Waals surface area (Å²) in [4.78, 5) is 4.16. The van der Waals surface area contributed by atoms with Crippen LogP contribution in [0, 0.1) is 5.41 Å². The number of nitrogens with one attached hydrogen (secondary N) is 2. The largest absolute Gasteiger partial charge is 0.356 e. The zero-order chi connectivity index (χ0) is 15.1. The summed E-state index contributed by atoms with van der Waals surface area (Å²) in [5.74, 6) is 1.05. The summed E-state index contributed by atoms with van der Waals surface area (Å²) in [7, 11) is -1.20. The van der Waals surface area contributed by atoms with Crippen molar-refractivity contribution >= 4 is 15.8 Å². The first-order valence-corrected chi connectivity index (χ1v) is 9.44. The van der Waals surface area contributed by atoms with Crippen LogP contribution in [0.15, 0.2) is 4.99 Å². The molecule has 2 N–H and O–H groups in total. The van der Waals surface area contributed by atoms with Gasteiger partial charge in [-0.3, -0.25) is 4.99 Å². The molecule has 6 heteroatoms. The topological polar surface area (TPSA) is 70.6 Å². The molecular weight excluding hydrogens is 274 g/mol. The molecule has 1 aliphatic rings. The van der Waals surface area contributed by atoms with Crippen molar-refractivity contribution in [1.82, 2.24) is 10.6 Å². The number of guanidine groups is 1. The Hall–Kier alpha value is -0.780. The van der Waals surface area contributed by atoms with E-state index < -0.39 is 9.84 Å². The van der Waals surface area contributed by atoms with Gasteiger partial charge in [0, 0.05) is 25.9 Å². The Kier molecular flexibility index (Phi) is 6.79. The molecular formula is C14H29N3O2S. The second-order valence-electron chi connectivity index (χ2n) is 5.65. The zero-order valence-corrected chi connectivity index (χ0v) is 13.9. The lowest BCUT2D eigenvalue weighted by Crippen LogP contribution is -2.44. The highest BCUT2D eigenvalue weighted by molar-refractivity contribution is 7.91. The molecule has 5 nitrogen and oxygen atoms in total. The first-order chi connectivity index (χ1) is 9.47. The Morgan fingerprint density at radius 2 is 1.85 bits per heavy atom. The van der Waals surface area contributed by atoms with E-state index >= 15 is 0 Å². The predicted molar refractivity (Wildman–Crippen MR) is 84.9 cm³/mol. The average Bonchev–Trinajstić information content (AvgIpc) is 2.92. The van der Waals surface area contributed by atoms with Crippen molar-refractivity contribution in [1.29, 1.82) is 0 Å². The van der Waals surface area contributed by atoms with Crippen LogP contribution in [0.2, 0.25) is 0 Å². The number of sulfone groups is 1. The number of nitrogens with zero attached hydrogens (tertiary/aromatic N) is 1. The molecule has 0 aromatic carbocycles. The highest BCUT2D eigenvalue weighted by Gasteiger charge is 2.31. The quantitative estimate of drug-likeness (QED) is 0.553. The molecule has 0 saturated heterocycles. The molecule has 118 valence electrons. The van der Waals surface area contributed by atoms with Crippen LogP contribution in [0.25, 0.3) is 0 Å².